The van der Waals surface area contributed by atoms with Gasteiger partial charge in [0, 0.05) is 4.90 Å². The van der Waals surface area contributed by atoms with E-state index in [4.69, 9.17) is 11.6 Å². The van der Waals surface area contributed by atoms with Crippen molar-refractivity contribution in [3.05, 3.63) is 51.7 Å². The molecule has 0 aliphatic rings. The fourth-order valence-electron chi connectivity index (χ4n) is 1.40. The number of thiophene rings is 1. The standard InChI is InChI=1S/C13H11ClOS2/c1-9(16-10-5-3-2-4-6-10)13(15)11-7-8-12(14)17-11/h2-9H,1H3. The predicted molar refractivity (Wildman–Crippen MR) is 75.4 cm³/mol. The minimum Gasteiger partial charge on any atom is -0.292 e. The Kier molecular flexibility index (Phi) is 4.26. The van der Waals surface area contributed by atoms with E-state index in [9.17, 15) is 4.79 Å². The molecule has 1 aromatic carbocycles. The van der Waals surface area contributed by atoms with Gasteiger partial charge in [0.15, 0.2) is 5.78 Å². The van der Waals surface area contributed by atoms with Crippen molar-refractivity contribution in [3.8, 4) is 0 Å². The summed E-state index contributed by atoms with van der Waals surface area (Å²) < 4.78 is 0.658. The van der Waals surface area contributed by atoms with Crippen LogP contribution < -0.4 is 0 Å². The molecule has 0 radical (unpaired) electrons. The van der Waals surface area contributed by atoms with E-state index in [1.165, 1.54) is 11.3 Å². The molecule has 0 saturated carbocycles. The van der Waals surface area contributed by atoms with Crippen LogP contribution in [0.1, 0.15) is 16.6 Å². The number of ketones is 1. The zero-order valence-corrected chi connectivity index (χ0v) is 11.6. The van der Waals surface area contributed by atoms with Crippen LogP contribution in [0.5, 0.6) is 0 Å². The van der Waals surface area contributed by atoms with E-state index in [-0.39, 0.29) is 11.0 Å². The molecule has 1 atom stereocenters. The lowest BCUT2D eigenvalue weighted by molar-refractivity contribution is 0.0998. The third-order valence-corrected chi connectivity index (χ3v) is 4.60. The molecule has 0 saturated heterocycles. The smallest absolute Gasteiger partial charge is 0.185 e. The van der Waals surface area contributed by atoms with Crippen LogP contribution in [0.2, 0.25) is 4.34 Å². The van der Waals surface area contributed by atoms with Crippen molar-refractivity contribution in [1.29, 1.82) is 0 Å². The molecule has 0 bridgehead atoms. The van der Waals surface area contributed by atoms with Crippen molar-refractivity contribution in [3.63, 3.8) is 0 Å². The Hall–Kier alpha value is -0.770. The van der Waals surface area contributed by atoms with Crippen LogP contribution in [0.3, 0.4) is 0 Å². The molecule has 0 aliphatic carbocycles. The van der Waals surface area contributed by atoms with Gasteiger partial charge in [0.25, 0.3) is 0 Å². The summed E-state index contributed by atoms with van der Waals surface area (Å²) in [4.78, 5) is 13.9. The van der Waals surface area contributed by atoms with Crippen molar-refractivity contribution in [2.24, 2.45) is 0 Å². The Morgan fingerprint density at radius 3 is 2.53 bits per heavy atom. The highest BCUT2D eigenvalue weighted by molar-refractivity contribution is 8.00. The summed E-state index contributed by atoms with van der Waals surface area (Å²) in [6.07, 6.45) is 0. The van der Waals surface area contributed by atoms with Gasteiger partial charge < -0.3 is 0 Å². The van der Waals surface area contributed by atoms with Crippen molar-refractivity contribution < 1.29 is 4.79 Å². The van der Waals surface area contributed by atoms with Gasteiger partial charge in [-0.05, 0) is 31.2 Å². The maximum atomic E-state index is 12.1. The number of carbonyl (C=O) groups is 1. The van der Waals surface area contributed by atoms with E-state index in [1.54, 1.807) is 23.9 Å². The first-order valence-corrected chi connectivity index (χ1v) is 7.25. The normalized spacial score (nSPS) is 12.4. The minimum absolute atomic E-state index is 0.0906. The number of carbonyl (C=O) groups excluding carboxylic acids is 1. The quantitative estimate of drug-likeness (QED) is 0.594. The largest absolute Gasteiger partial charge is 0.292 e. The van der Waals surface area contributed by atoms with Crippen molar-refractivity contribution in [1.82, 2.24) is 0 Å². The summed E-state index contributed by atoms with van der Waals surface area (Å²) in [5.41, 5.74) is 0. The Morgan fingerprint density at radius 1 is 1.24 bits per heavy atom. The molecule has 0 fully saturated rings. The average molecular weight is 283 g/mol. The molecule has 0 N–H and O–H groups in total. The maximum absolute atomic E-state index is 12.1. The molecule has 1 nitrogen and oxygen atoms in total. The summed E-state index contributed by atoms with van der Waals surface area (Å²) >= 11 is 8.74. The minimum atomic E-state index is -0.0906. The van der Waals surface area contributed by atoms with E-state index in [2.05, 4.69) is 0 Å². The Morgan fingerprint density at radius 2 is 1.94 bits per heavy atom. The van der Waals surface area contributed by atoms with Gasteiger partial charge in [0.05, 0.1) is 14.5 Å². The molecular formula is C13H11ClOS2. The van der Waals surface area contributed by atoms with Crippen molar-refractivity contribution >= 4 is 40.5 Å². The first kappa shape index (κ1) is 12.7. The Bertz CT molecular complexity index is 507. The second-order valence-electron chi connectivity index (χ2n) is 3.54. The second-order valence-corrected chi connectivity index (χ2v) is 6.67. The fraction of sp³-hybridized carbons (Fsp3) is 0.154. The van der Waals surface area contributed by atoms with Crippen LogP contribution in [-0.4, -0.2) is 11.0 Å². The van der Waals surface area contributed by atoms with Gasteiger partial charge in [-0.1, -0.05) is 29.8 Å². The van der Waals surface area contributed by atoms with Gasteiger partial charge in [-0.3, -0.25) is 4.79 Å². The zero-order chi connectivity index (χ0) is 12.3. The molecular weight excluding hydrogens is 272 g/mol. The van der Waals surface area contributed by atoms with E-state index in [1.807, 2.05) is 37.3 Å². The lowest BCUT2D eigenvalue weighted by Crippen LogP contribution is -2.11. The monoisotopic (exact) mass is 282 g/mol. The van der Waals surface area contributed by atoms with Gasteiger partial charge in [-0.25, -0.2) is 0 Å². The summed E-state index contributed by atoms with van der Waals surface area (Å²) in [7, 11) is 0. The zero-order valence-electron chi connectivity index (χ0n) is 9.22. The molecule has 4 heteroatoms. The number of halogens is 1. The summed E-state index contributed by atoms with van der Waals surface area (Å²) in [5, 5.41) is -0.0906. The van der Waals surface area contributed by atoms with Crippen LogP contribution in [-0.2, 0) is 0 Å². The Balaban J connectivity index is 2.06. The van der Waals surface area contributed by atoms with Crippen LogP contribution in [0.25, 0.3) is 0 Å². The highest BCUT2D eigenvalue weighted by Gasteiger charge is 2.17. The third kappa shape index (κ3) is 3.35. The van der Waals surface area contributed by atoms with E-state index in [0.29, 0.717) is 4.34 Å². The molecule has 88 valence electrons. The van der Waals surface area contributed by atoms with E-state index in [0.717, 1.165) is 9.77 Å². The topological polar surface area (TPSA) is 17.1 Å². The number of benzene rings is 1. The number of hydrogen-bond donors (Lipinski definition) is 0. The molecule has 1 unspecified atom stereocenters. The number of hydrogen-bond acceptors (Lipinski definition) is 3. The summed E-state index contributed by atoms with van der Waals surface area (Å²) in [6, 6.07) is 13.5. The van der Waals surface area contributed by atoms with Crippen LogP contribution in [0.4, 0.5) is 0 Å². The lowest BCUT2D eigenvalue weighted by Gasteiger charge is -2.08. The molecule has 0 spiro atoms. The molecule has 2 rings (SSSR count). The van der Waals surface area contributed by atoms with Crippen LogP contribution >= 0.6 is 34.7 Å². The van der Waals surface area contributed by atoms with Crippen molar-refractivity contribution in [2.45, 2.75) is 17.1 Å². The lowest BCUT2D eigenvalue weighted by atomic mass is 10.2. The summed E-state index contributed by atoms with van der Waals surface area (Å²) in [5.74, 6) is 0.135. The first-order chi connectivity index (χ1) is 8.16. The molecule has 0 amide bonds. The van der Waals surface area contributed by atoms with Gasteiger partial charge >= 0.3 is 0 Å². The molecule has 1 heterocycles. The average Bonchev–Trinajstić information content (AvgIpc) is 2.76. The van der Waals surface area contributed by atoms with Gasteiger partial charge in [-0.15, -0.1) is 23.1 Å². The van der Waals surface area contributed by atoms with E-state index < -0.39 is 0 Å². The molecule has 17 heavy (non-hydrogen) atoms. The van der Waals surface area contributed by atoms with Gasteiger partial charge in [-0.2, -0.15) is 0 Å². The Labute approximate surface area is 114 Å². The SMILES string of the molecule is CC(Sc1ccccc1)C(=O)c1ccc(Cl)s1. The van der Waals surface area contributed by atoms with Crippen molar-refractivity contribution in [2.75, 3.05) is 0 Å². The number of thioether (sulfide) groups is 1. The summed E-state index contributed by atoms with van der Waals surface area (Å²) in [6.45, 7) is 1.92. The second kappa shape index (κ2) is 5.71. The maximum Gasteiger partial charge on any atom is 0.185 e. The van der Waals surface area contributed by atoms with Crippen LogP contribution in [0.15, 0.2) is 47.4 Å². The van der Waals surface area contributed by atoms with E-state index >= 15 is 0 Å². The third-order valence-electron chi connectivity index (χ3n) is 2.24. The predicted octanol–water partition coefficient (Wildman–Crippen LogP) is 4.77. The van der Waals surface area contributed by atoms with Crippen LogP contribution in [0, 0.1) is 0 Å². The highest BCUT2D eigenvalue weighted by atomic mass is 35.5. The van der Waals surface area contributed by atoms with Gasteiger partial charge in [0.2, 0.25) is 0 Å². The fourth-order valence-corrected chi connectivity index (χ4v) is 3.51. The highest BCUT2D eigenvalue weighted by Crippen LogP contribution is 2.29. The number of Topliss-reactive ketones (excluding diaryl/α,β-unsaturated/α-hetero) is 1. The molecule has 1 aromatic heterocycles. The molecule has 0 aliphatic heterocycles. The first-order valence-electron chi connectivity index (χ1n) is 5.18. The van der Waals surface area contributed by atoms with Gasteiger partial charge in [0.1, 0.15) is 0 Å². The molecule has 2 aromatic rings. The number of rotatable bonds is 4.